The molecule has 0 bridgehead atoms. The summed E-state index contributed by atoms with van der Waals surface area (Å²) in [5, 5.41) is 7.47. The van der Waals surface area contributed by atoms with Gasteiger partial charge < -0.3 is 9.84 Å². The minimum absolute atomic E-state index is 0.167. The molecule has 4 heteroatoms. The van der Waals surface area contributed by atoms with Crippen molar-refractivity contribution in [2.75, 3.05) is 11.9 Å². The first-order valence-corrected chi connectivity index (χ1v) is 6.46. The van der Waals surface area contributed by atoms with Crippen molar-refractivity contribution in [1.29, 1.82) is 0 Å². The Balaban J connectivity index is 1.72. The maximum atomic E-state index is 5.40. The van der Waals surface area contributed by atoms with Crippen molar-refractivity contribution in [3.05, 3.63) is 29.6 Å². The Morgan fingerprint density at radius 3 is 3.06 bits per heavy atom. The van der Waals surface area contributed by atoms with E-state index in [1.807, 2.05) is 6.07 Å². The van der Waals surface area contributed by atoms with Gasteiger partial charge in [-0.2, -0.15) is 4.98 Å². The smallest absolute Gasteiger partial charge is 0.257 e. The van der Waals surface area contributed by atoms with E-state index in [1.165, 1.54) is 24.1 Å². The summed E-state index contributed by atoms with van der Waals surface area (Å²) in [6.07, 6.45) is 3.40. The Kier molecular flexibility index (Phi) is 1.88. The Morgan fingerprint density at radius 1 is 1.33 bits per heavy atom. The fourth-order valence-corrected chi connectivity index (χ4v) is 2.43. The standard InChI is InChI=1S/C14H15N3O/c1-14(5-6-14)13-16-12(18-17-13)10-2-3-11-9(8-10)4-7-15-11/h2-3,8,15H,4-7H2,1H3. The van der Waals surface area contributed by atoms with Gasteiger partial charge in [-0.25, -0.2) is 0 Å². The number of anilines is 1. The number of benzene rings is 1. The third-order valence-corrected chi connectivity index (χ3v) is 4.03. The third kappa shape index (κ3) is 1.45. The van der Waals surface area contributed by atoms with Crippen LogP contribution in [0.1, 0.15) is 31.2 Å². The highest BCUT2D eigenvalue weighted by Crippen LogP contribution is 2.46. The van der Waals surface area contributed by atoms with Gasteiger partial charge in [-0.05, 0) is 43.0 Å². The van der Waals surface area contributed by atoms with Gasteiger partial charge in [0.05, 0.1) is 0 Å². The first-order chi connectivity index (χ1) is 8.74. The summed E-state index contributed by atoms with van der Waals surface area (Å²) in [6.45, 7) is 3.21. The Bertz CT molecular complexity index is 613. The van der Waals surface area contributed by atoms with Gasteiger partial charge in [0.2, 0.25) is 0 Å². The highest BCUT2D eigenvalue weighted by Gasteiger charge is 2.43. The molecule has 1 aromatic carbocycles. The summed E-state index contributed by atoms with van der Waals surface area (Å²) in [5.74, 6) is 1.50. The molecule has 0 spiro atoms. The van der Waals surface area contributed by atoms with Crippen LogP contribution >= 0.6 is 0 Å². The molecular weight excluding hydrogens is 226 g/mol. The summed E-state index contributed by atoms with van der Waals surface area (Å²) in [6, 6.07) is 6.30. The average Bonchev–Trinajstić information content (AvgIpc) is 2.89. The van der Waals surface area contributed by atoms with Crippen LogP contribution in [0.5, 0.6) is 0 Å². The fourth-order valence-electron chi connectivity index (χ4n) is 2.43. The monoisotopic (exact) mass is 241 g/mol. The normalized spacial score (nSPS) is 19.4. The van der Waals surface area contributed by atoms with Crippen LogP contribution in [-0.4, -0.2) is 16.7 Å². The van der Waals surface area contributed by atoms with E-state index in [0.717, 1.165) is 24.4 Å². The van der Waals surface area contributed by atoms with E-state index in [0.29, 0.717) is 5.89 Å². The molecule has 18 heavy (non-hydrogen) atoms. The topological polar surface area (TPSA) is 51.0 Å². The van der Waals surface area contributed by atoms with Gasteiger partial charge in [0.1, 0.15) is 0 Å². The average molecular weight is 241 g/mol. The highest BCUT2D eigenvalue weighted by atomic mass is 16.5. The number of hydrogen-bond donors (Lipinski definition) is 1. The van der Waals surface area contributed by atoms with Gasteiger partial charge in [-0.1, -0.05) is 12.1 Å². The molecule has 1 aliphatic heterocycles. The van der Waals surface area contributed by atoms with E-state index in [9.17, 15) is 0 Å². The fraction of sp³-hybridized carbons (Fsp3) is 0.429. The van der Waals surface area contributed by atoms with E-state index < -0.39 is 0 Å². The SMILES string of the molecule is CC1(c2noc(-c3ccc4c(c3)CCN4)n2)CC1. The van der Waals surface area contributed by atoms with Crippen molar-refractivity contribution in [2.24, 2.45) is 0 Å². The van der Waals surface area contributed by atoms with Crippen LogP contribution in [0.3, 0.4) is 0 Å². The molecule has 0 unspecified atom stereocenters. The van der Waals surface area contributed by atoms with E-state index in [1.54, 1.807) is 0 Å². The van der Waals surface area contributed by atoms with Crippen LogP contribution < -0.4 is 5.32 Å². The van der Waals surface area contributed by atoms with Crippen LogP contribution in [0.4, 0.5) is 5.69 Å². The lowest BCUT2D eigenvalue weighted by Gasteiger charge is -2.00. The van der Waals surface area contributed by atoms with Gasteiger partial charge in [0, 0.05) is 23.2 Å². The molecule has 2 aliphatic rings. The molecule has 1 aliphatic carbocycles. The molecule has 0 atom stereocenters. The number of nitrogens with zero attached hydrogens (tertiary/aromatic N) is 2. The molecular formula is C14H15N3O. The van der Waals surface area contributed by atoms with Gasteiger partial charge in [-0.3, -0.25) is 0 Å². The summed E-state index contributed by atoms with van der Waals surface area (Å²) < 4.78 is 5.40. The molecule has 1 saturated carbocycles. The van der Waals surface area contributed by atoms with E-state index >= 15 is 0 Å². The molecule has 0 amide bonds. The van der Waals surface area contributed by atoms with Crippen molar-refractivity contribution < 1.29 is 4.52 Å². The third-order valence-electron chi connectivity index (χ3n) is 4.03. The van der Waals surface area contributed by atoms with Crippen LogP contribution in [0.25, 0.3) is 11.5 Å². The van der Waals surface area contributed by atoms with Crippen LogP contribution in [0.2, 0.25) is 0 Å². The lowest BCUT2D eigenvalue weighted by atomic mass is 10.1. The largest absolute Gasteiger partial charge is 0.384 e. The maximum Gasteiger partial charge on any atom is 0.257 e. The van der Waals surface area contributed by atoms with Crippen molar-refractivity contribution in [2.45, 2.75) is 31.6 Å². The minimum Gasteiger partial charge on any atom is -0.384 e. The number of nitrogens with one attached hydrogen (secondary N) is 1. The lowest BCUT2D eigenvalue weighted by molar-refractivity contribution is 0.416. The van der Waals surface area contributed by atoms with Crippen LogP contribution in [0, 0.1) is 0 Å². The van der Waals surface area contributed by atoms with Crippen molar-refractivity contribution >= 4 is 5.69 Å². The van der Waals surface area contributed by atoms with Crippen molar-refractivity contribution in [3.63, 3.8) is 0 Å². The second-order valence-corrected chi connectivity index (χ2v) is 5.53. The molecule has 0 saturated heterocycles. The lowest BCUT2D eigenvalue weighted by Crippen LogP contribution is -2.01. The van der Waals surface area contributed by atoms with E-state index in [4.69, 9.17) is 4.52 Å². The van der Waals surface area contributed by atoms with Crippen molar-refractivity contribution in [1.82, 2.24) is 10.1 Å². The quantitative estimate of drug-likeness (QED) is 0.878. The van der Waals surface area contributed by atoms with Gasteiger partial charge in [0.25, 0.3) is 5.89 Å². The summed E-state index contributed by atoms with van der Waals surface area (Å²) in [4.78, 5) is 4.54. The van der Waals surface area contributed by atoms with Crippen LogP contribution in [0.15, 0.2) is 22.7 Å². The first kappa shape index (κ1) is 10.1. The zero-order chi connectivity index (χ0) is 12.2. The number of aromatic nitrogens is 2. The molecule has 0 radical (unpaired) electrons. The Morgan fingerprint density at radius 2 is 2.22 bits per heavy atom. The van der Waals surface area contributed by atoms with E-state index in [2.05, 4.69) is 34.5 Å². The molecule has 1 fully saturated rings. The highest BCUT2D eigenvalue weighted by molar-refractivity contribution is 5.65. The predicted octanol–water partition coefficient (Wildman–Crippen LogP) is 2.76. The maximum absolute atomic E-state index is 5.40. The van der Waals surface area contributed by atoms with E-state index in [-0.39, 0.29) is 5.41 Å². The number of hydrogen-bond acceptors (Lipinski definition) is 4. The zero-order valence-electron chi connectivity index (χ0n) is 10.4. The van der Waals surface area contributed by atoms with Gasteiger partial charge in [-0.15, -0.1) is 0 Å². The zero-order valence-corrected chi connectivity index (χ0v) is 10.4. The first-order valence-electron chi connectivity index (χ1n) is 6.46. The Hall–Kier alpha value is -1.84. The van der Waals surface area contributed by atoms with Gasteiger partial charge in [0.15, 0.2) is 5.82 Å². The molecule has 92 valence electrons. The predicted molar refractivity (Wildman–Crippen MR) is 68.5 cm³/mol. The Labute approximate surface area is 105 Å². The summed E-state index contributed by atoms with van der Waals surface area (Å²) >= 11 is 0. The molecule has 4 nitrogen and oxygen atoms in total. The molecule has 2 aromatic rings. The summed E-state index contributed by atoms with van der Waals surface area (Å²) in [7, 11) is 0. The molecule has 4 rings (SSSR count). The molecule has 1 aromatic heterocycles. The number of fused-ring (bicyclic) bond motifs is 1. The summed E-state index contributed by atoms with van der Waals surface area (Å²) in [5.41, 5.74) is 3.76. The number of rotatable bonds is 2. The second kappa shape index (κ2) is 3.34. The minimum atomic E-state index is 0.167. The second-order valence-electron chi connectivity index (χ2n) is 5.53. The molecule has 2 heterocycles. The molecule has 1 N–H and O–H groups in total. The van der Waals surface area contributed by atoms with Crippen molar-refractivity contribution in [3.8, 4) is 11.5 Å². The van der Waals surface area contributed by atoms with Crippen LogP contribution in [-0.2, 0) is 11.8 Å². The van der Waals surface area contributed by atoms with Gasteiger partial charge >= 0.3 is 0 Å².